The van der Waals surface area contributed by atoms with Crippen LogP contribution in [-0.4, -0.2) is 43.4 Å². The first-order valence-electron chi connectivity index (χ1n) is 6.73. The SMILES string of the molecule is CC(C)(C)n1nnnc1CN1CC2CC1(C(F)(F)F)C2. The van der Waals surface area contributed by atoms with Gasteiger partial charge in [0.2, 0.25) is 0 Å². The van der Waals surface area contributed by atoms with Crippen molar-refractivity contribution in [3.8, 4) is 0 Å². The Morgan fingerprint density at radius 1 is 1.25 bits per heavy atom. The number of tetrazole rings is 1. The highest BCUT2D eigenvalue weighted by Gasteiger charge is 2.69. The lowest BCUT2D eigenvalue weighted by Gasteiger charge is -2.43. The summed E-state index contributed by atoms with van der Waals surface area (Å²) in [7, 11) is 0. The second kappa shape index (κ2) is 3.93. The van der Waals surface area contributed by atoms with Crippen molar-refractivity contribution >= 4 is 0 Å². The zero-order valence-corrected chi connectivity index (χ0v) is 11.8. The van der Waals surface area contributed by atoms with E-state index in [2.05, 4.69) is 15.5 Å². The van der Waals surface area contributed by atoms with Crippen molar-refractivity contribution in [2.75, 3.05) is 6.54 Å². The average molecular weight is 289 g/mol. The van der Waals surface area contributed by atoms with E-state index in [9.17, 15) is 13.2 Å². The van der Waals surface area contributed by atoms with Gasteiger partial charge < -0.3 is 0 Å². The van der Waals surface area contributed by atoms with Gasteiger partial charge in [0.25, 0.3) is 0 Å². The Balaban J connectivity index is 1.85. The minimum atomic E-state index is -4.18. The summed E-state index contributed by atoms with van der Waals surface area (Å²) in [6.45, 7) is 6.42. The number of rotatable bonds is 2. The molecule has 5 nitrogen and oxygen atoms in total. The lowest BCUT2D eigenvalue weighted by atomic mass is 9.73. The normalized spacial score (nSPS) is 30.6. The summed E-state index contributed by atoms with van der Waals surface area (Å²) in [5.41, 5.74) is -1.99. The predicted molar refractivity (Wildman–Crippen MR) is 64.7 cm³/mol. The molecular weight excluding hydrogens is 271 g/mol. The first-order valence-corrected chi connectivity index (χ1v) is 6.73. The molecule has 112 valence electrons. The van der Waals surface area contributed by atoms with E-state index in [0.29, 0.717) is 12.4 Å². The maximum absolute atomic E-state index is 13.3. The van der Waals surface area contributed by atoms with Crippen LogP contribution in [0, 0.1) is 5.92 Å². The molecule has 0 N–H and O–H groups in total. The van der Waals surface area contributed by atoms with E-state index in [1.54, 1.807) is 4.68 Å². The molecule has 3 fully saturated rings. The smallest absolute Gasteiger partial charge is 0.282 e. The number of fused-ring (bicyclic) bond motifs is 1. The highest BCUT2D eigenvalue weighted by molar-refractivity contribution is 5.15. The number of aromatic nitrogens is 4. The average Bonchev–Trinajstić information content (AvgIpc) is 2.85. The minimum Gasteiger partial charge on any atom is -0.282 e. The fraction of sp³-hybridized carbons (Fsp3) is 0.917. The van der Waals surface area contributed by atoms with Crippen LogP contribution < -0.4 is 0 Å². The van der Waals surface area contributed by atoms with E-state index < -0.39 is 11.7 Å². The fourth-order valence-electron chi connectivity index (χ4n) is 3.39. The summed E-state index contributed by atoms with van der Waals surface area (Å²) >= 11 is 0. The molecule has 8 heteroatoms. The van der Waals surface area contributed by atoms with E-state index in [-0.39, 0.29) is 30.8 Å². The summed E-state index contributed by atoms with van der Waals surface area (Å²) < 4.78 is 41.5. The molecule has 0 atom stereocenters. The van der Waals surface area contributed by atoms with Crippen molar-refractivity contribution < 1.29 is 13.2 Å². The minimum absolute atomic E-state index is 0.153. The zero-order chi connectivity index (χ0) is 14.8. The van der Waals surface area contributed by atoms with Gasteiger partial charge in [-0.3, -0.25) is 4.90 Å². The third-order valence-corrected chi connectivity index (χ3v) is 4.37. The number of hydrogen-bond donors (Lipinski definition) is 0. The van der Waals surface area contributed by atoms with Crippen molar-refractivity contribution in [3.05, 3.63) is 5.82 Å². The van der Waals surface area contributed by atoms with Crippen LogP contribution in [-0.2, 0) is 12.1 Å². The van der Waals surface area contributed by atoms with Gasteiger partial charge in [-0.05, 0) is 50.0 Å². The molecule has 0 aromatic carbocycles. The molecule has 2 saturated heterocycles. The Bertz CT molecular complexity index is 510. The van der Waals surface area contributed by atoms with Crippen LogP contribution in [0.15, 0.2) is 0 Å². The fourth-order valence-corrected chi connectivity index (χ4v) is 3.39. The lowest BCUT2D eigenvalue weighted by molar-refractivity contribution is -0.239. The van der Waals surface area contributed by atoms with Crippen LogP contribution in [0.25, 0.3) is 0 Å². The quantitative estimate of drug-likeness (QED) is 0.835. The molecule has 1 aromatic heterocycles. The molecule has 0 radical (unpaired) electrons. The summed E-state index contributed by atoms with van der Waals surface area (Å²) in [5, 5.41) is 11.4. The monoisotopic (exact) mass is 289 g/mol. The molecule has 0 spiro atoms. The molecule has 1 saturated carbocycles. The number of alkyl halides is 3. The number of halogens is 3. The second-order valence-corrected chi connectivity index (χ2v) is 6.86. The summed E-state index contributed by atoms with van der Waals surface area (Å²) in [4.78, 5) is 1.51. The summed E-state index contributed by atoms with van der Waals surface area (Å²) in [6, 6.07) is 0. The van der Waals surface area contributed by atoms with Crippen LogP contribution >= 0.6 is 0 Å². The van der Waals surface area contributed by atoms with Crippen molar-refractivity contribution in [2.24, 2.45) is 5.92 Å². The largest absolute Gasteiger partial charge is 0.406 e. The van der Waals surface area contributed by atoms with Crippen molar-refractivity contribution in [1.29, 1.82) is 0 Å². The zero-order valence-electron chi connectivity index (χ0n) is 11.8. The molecule has 1 aromatic rings. The van der Waals surface area contributed by atoms with E-state index in [0.717, 1.165) is 0 Å². The topological polar surface area (TPSA) is 46.8 Å². The Kier molecular flexibility index (Phi) is 2.71. The van der Waals surface area contributed by atoms with Crippen molar-refractivity contribution in [2.45, 2.75) is 57.4 Å². The second-order valence-electron chi connectivity index (χ2n) is 6.86. The number of hydrogen-bond acceptors (Lipinski definition) is 4. The van der Waals surface area contributed by atoms with Gasteiger partial charge in [-0.2, -0.15) is 13.2 Å². The van der Waals surface area contributed by atoms with E-state index in [1.165, 1.54) is 4.90 Å². The van der Waals surface area contributed by atoms with E-state index >= 15 is 0 Å². The van der Waals surface area contributed by atoms with Gasteiger partial charge in [-0.15, -0.1) is 5.10 Å². The first kappa shape index (κ1) is 13.8. The highest BCUT2D eigenvalue weighted by Crippen LogP contribution is 2.58. The van der Waals surface area contributed by atoms with Crippen LogP contribution in [0.5, 0.6) is 0 Å². The van der Waals surface area contributed by atoms with Crippen molar-refractivity contribution in [3.63, 3.8) is 0 Å². The molecule has 20 heavy (non-hydrogen) atoms. The highest BCUT2D eigenvalue weighted by atomic mass is 19.4. The number of nitrogens with zero attached hydrogens (tertiary/aromatic N) is 5. The molecule has 4 rings (SSSR count). The molecular formula is C12H18F3N5. The Hall–Kier alpha value is -1.18. The van der Waals surface area contributed by atoms with Gasteiger partial charge in [-0.25, -0.2) is 4.68 Å². The van der Waals surface area contributed by atoms with Gasteiger partial charge in [-0.1, -0.05) is 0 Å². The van der Waals surface area contributed by atoms with Gasteiger partial charge in [0, 0.05) is 6.54 Å². The molecule has 1 aliphatic carbocycles. The van der Waals surface area contributed by atoms with Crippen LogP contribution in [0.3, 0.4) is 0 Å². The first-order chi connectivity index (χ1) is 9.13. The van der Waals surface area contributed by atoms with Crippen LogP contribution in [0.2, 0.25) is 0 Å². The Morgan fingerprint density at radius 3 is 2.45 bits per heavy atom. The molecule has 0 amide bonds. The molecule has 2 bridgehead atoms. The molecule has 3 aliphatic rings. The van der Waals surface area contributed by atoms with Crippen LogP contribution in [0.1, 0.15) is 39.4 Å². The predicted octanol–water partition coefficient (Wildman–Crippen LogP) is 1.95. The Morgan fingerprint density at radius 2 is 1.90 bits per heavy atom. The van der Waals surface area contributed by atoms with Crippen molar-refractivity contribution in [1.82, 2.24) is 25.1 Å². The van der Waals surface area contributed by atoms with E-state index in [1.807, 2.05) is 20.8 Å². The standard InChI is InChI=1S/C12H18F3N5/c1-10(2,3)20-9(16-17-18-20)7-19-6-8-4-11(19,5-8)12(13,14)15/h8H,4-7H2,1-3H3. The third-order valence-electron chi connectivity index (χ3n) is 4.37. The Labute approximate surface area is 115 Å². The molecule has 3 heterocycles. The van der Waals surface area contributed by atoms with Crippen LogP contribution in [0.4, 0.5) is 13.2 Å². The van der Waals surface area contributed by atoms with Gasteiger partial charge in [0.05, 0.1) is 12.1 Å². The maximum atomic E-state index is 13.3. The van der Waals surface area contributed by atoms with Gasteiger partial charge in [0.15, 0.2) is 5.82 Å². The maximum Gasteiger partial charge on any atom is 0.406 e. The lowest BCUT2D eigenvalue weighted by Crippen LogP contribution is -2.57. The molecule has 2 aliphatic heterocycles. The third kappa shape index (κ3) is 1.84. The van der Waals surface area contributed by atoms with E-state index in [4.69, 9.17) is 0 Å². The van der Waals surface area contributed by atoms with Gasteiger partial charge >= 0.3 is 6.18 Å². The molecule has 0 unspecified atom stereocenters. The summed E-state index contributed by atoms with van der Waals surface area (Å²) in [6.07, 6.45) is -3.75. The van der Waals surface area contributed by atoms with Gasteiger partial charge in [0.1, 0.15) is 5.54 Å². The summed E-state index contributed by atoms with van der Waals surface area (Å²) in [5.74, 6) is 0.657.